The molecule has 29 heteroatoms. The predicted octanol–water partition coefficient (Wildman–Crippen LogP) is 10.6. The van der Waals surface area contributed by atoms with Gasteiger partial charge < -0.3 is 74.6 Å². The maximum atomic E-state index is 12.1. The van der Waals surface area contributed by atoms with Crippen LogP contribution in [0.3, 0.4) is 0 Å². The van der Waals surface area contributed by atoms with Crippen molar-refractivity contribution in [2.45, 2.75) is 62.8 Å². The van der Waals surface area contributed by atoms with Gasteiger partial charge in [0.2, 0.25) is 5.91 Å². The fourth-order valence-electron chi connectivity index (χ4n) is 14.3. The Kier molecular flexibility index (Phi) is 24.8. The molecule has 0 bridgehead atoms. The molecule has 0 spiro atoms. The van der Waals surface area contributed by atoms with Gasteiger partial charge in [-0.15, -0.1) is 0 Å². The van der Waals surface area contributed by atoms with Gasteiger partial charge in [0.15, 0.2) is 17.5 Å². The van der Waals surface area contributed by atoms with E-state index in [9.17, 15) is 25.4 Å². The maximum Gasteiger partial charge on any atom is 0.317 e. The van der Waals surface area contributed by atoms with E-state index in [1.54, 1.807) is 66.9 Å². The number of anilines is 10. The number of carbonyl (C=O) groups is 2. The Hall–Kier alpha value is -12.1. The summed E-state index contributed by atoms with van der Waals surface area (Å²) < 4.78 is 33.7. The van der Waals surface area contributed by atoms with Crippen LogP contribution < -0.4 is 50.8 Å². The number of carbonyl (C=O) groups excluding carboxylic acids is 2. The molecule has 8 aliphatic rings. The van der Waals surface area contributed by atoms with Crippen LogP contribution in [0.2, 0.25) is 0 Å². The van der Waals surface area contributed by atoms with Gasteiger partial charge in [0.1, 0.15) is 65.2 Å². The lowest BCUT2D eigenvalue weighted by Gasteiger charge is -2.43. The van der Waals surface area contributed by atoms with Crippen LogP contribution in [0.5, 0.6) is 11.5 Å². The minimum Gasteiger partial charge on any atom is -0.489 e. The van der Waals surface area contributed by atoms with E-state index in [4.69, 9.17) is 33.4 Å². The SMILES string of the molecule is CNC(=O)N1CCC(Oc2ccc(-c3nccc(Nc4ccc(N5CCN(C6COC6)CC5)cc4)n3)cc2C#N)CC1.N#Cc1cc(-c2nccc(Nc3ccc(N4CCN(C5COC5)CC4)nc3)n2)ccc1OC1CCOCC1.N#Cc1cc(-c2nccc(Nc3ccc(N4CCOCC4)cc3)n2)ccc1NC(=O)C1CC1. The highest BCUT2D eigenvalue weighted by atomic mass is 16.5. The standard InChI is InChI=1S/C31H36N8O3.C28H31N7O3.C25H24N6O2/c1-33-31(40)39-12-9-27(10-13-39)42-28-7-2-22(18-23(28)19-32)30-34-11-8-29(36-30)35-24-3-5-25(6-4-24)37-14-16-38(17-15-37)26-20-41-21-26;29-16-21-15-20(1-3-25(21)38-24-6-13-36-14-7-24)28-30-8-5-26(33-28)32-22-2-4-27(31-17-22)35-11-9-34(10-12-35)23-18-37-19-23;26-16-19-15-18(3-8-22(19)29-25(32)17-1-2-17)24-27-10-9-23(30-24)28-20-4-6-21(7-5-20)31-11-13-33-14-12-31/h2-8,11,18,26-27H,9-10,12-17,20-21H2,1H3,(H,33,40)(H,34,35,36);1-5,8,15,17,23-24H,6-7,9-14,18-19H2,(H,30,32,33);3-10,15,17H,1-2,11-14H2,(H,29,32)(H,27,28,30). The Morgan fingerprint density at radius 1 is 0.442 bits per heavy atom. The molecule has 5 aromatic carbocycles. The Morgan fingerprint density at radius 3 is 1.34 bits per heavy atom. The number of ether oxygens (including phenoxy) is 6. The van der Waals surface area contributed by atoms with Crippen LogP contribution in [0, 0.1) is 39.9 Å². The third-order valence-electron chi connectivity index (χ3n) is 21.3. The lowest BCUT2D eigenvalue weighted by atomic mass is 10.1. The number of hydrogen-bond donors (Lipinski definition) is 5. The monoisotopic (exact) mass is 1520 g/mol. The topological polar surface area (TPSA) is 331 Å². The normalized spacial score (nSPS) is 17.7. The molecule has 29 nitrogen and oxygen atoms in total. The summed E-state index contributed by atoms with van der Waals surface area (Å²) in [5.41, 5.74) is 9.12. The number of nitriles is 3. The average Bonchev–Trinajstić information content (AvgIpc) is 1.82. The third-order valence-corrected chi connectivity index (χ3v) is 21.3. The van der Waals surface area contributed by atoms with E-state index in [1.807, 2.05) is 66.9 Å². The number of nitrogens with one attached hydrogen (secondary N) is 5. The molecule has 580 valence electrons. The molecule has 7 saturated heterocycles. The van der Waals surface area contributed by atoms with E-state index in [-0.39, 0.29) is 30.1 Å². The van der Waals surface area contributed by atoms with Crippen LogP contribution in [0.25, 0.3) is 34.2 Å². The van der Waals surface area contributed by atoms with Gasteiger partial charge in [0.25, 0.3) is 0 Å². The zero-order chi connectivity index (χ0) is 77.2. The highest BCUT2D eigenvalue weighted by Crippen LogP contribution is 2.35. The molecule has 3 amide bonds. The van der Waals surface area contributed by atoms with Gasteiger partial charge in [0, 0.05) is 175 Å². The van der Waals surface area contributed by atoms with Gasteiger partial charge in [-0.1, -0.05) is 0 Å². The Bertz CT molecular complexity index is 4860. The fourth-order valence-corrected chi connectivity index (χ4v) is 14.3. The zero-order valence-corrected chi connectivity index (χ0v) is 63.2. The number of aromatic nitrogens is 7. The van der Waals surface area contributed by atoms with Crippen LogP contribution in [0.4, 0.5) is 62.2 Å². The van der Waals surface area contributed by atoms with E-state index in [0.29, 0.717) is 126 Å². The van der Waals surface area contributed by atoms with Gasteiger partial charge in [0.05, 0.1) is 99.2 Å². The Morgan fingerprint density at radius 2 is 0.885 bits per heavy atom. The number of pyridine rings is 1. The van der Waals surface area contributed by atoms with Gasteiger partial charge in [-0.25, -0.2) is 39.7 Å². The van der Waals surface area contributed by atoms with Crippen molar-refractivity contribution in [3.63, 3.8) is 0 Å². The van der Waals surface area contributed by atoms with E-state index in [0.717, 1.165) is 165 Å². The van der Waals surface area contributed by atoms with Crippen LogP contribution >= 0.6 is 0 Å². The molecule has 4 aromatic heterocycles. The van der Waals surface area contributed by atoms with Gasteiger partial charge in [-0.3, -0.25) is 14.6 Å². The summed E-state index contributed by atoms with van der Waals surface area (Å²) >= 11 is 0. The minimum absolute atomic E-state index is 0.0265. The number of amides is 3. The lowest BCUT2D eigenvalue weighted by molar-refractivity contribution is -0.117. The molecule has 1 aliphatic carbocycles. The molecule has 0 atom stereocenters. The summed E-state index contributed by atoms with van der Waals surface area (Å²) in [6.45, 7) is 17.5. The largest absolute Gasteiger partial charge is 0.489 e. The first-order chi connectivity index (χ1) is 55.5. The third kappa shape index (κ3) is 19.8. The molecular weight excluding hydrogens is 1430 g/mol. The zero-order valence-electron chi connectivity index (χ0n) is 63.2. The van der Waals surface area contributed by atoms with Crippen molar-refractivity contribution < 1.29 is 38.0 Å². The first-order valence-corrected chi connectivity index (χ1v) is 38.8. The van der Waals surface area contributed by atoms with E-state index in [2.05, 4.69) is 136 Å². The summed E-state index contributed by atoms with van der Waals surface area (Å²) in [6.07, 6.45) is 11.9. The van der Waals surface area contributed by atoms with Crippen LogP contribution in [-0.4, -0.2) is 224 Å². The first kappa shape index (κ1) is 76.2. The number of urea groups is 1. The molecule has 7 aliphatic heterocycles. The summed E-state index contributed by atoms with van der Waals surface area (Å²) in [6, 6.07) is 50.1. The second kappa shape index (κ2) is 36.8. The first-order valence-electron chi connectivity index (χ1n) is 38.8. The lowest BCUT2D eigenvalue weighted by Crippen LogP contribution is -2.56. The number of likely N-dealkylation sites (tertiary alicyclic amines) is 1. The van der Waals surface area contributed by atoms with Crippen molar-refractivity contribution >= 4 is 69.3 Å². The number of nitrogens with zero attached hydrogens (tertiary/aromatic N) is 16. The Labute approximate surface area is 656 Å². The quantitative estimate of drug-likeness (QED) is 0.0473. The molecule has 9 aromatic rings. The highest BCUT2D eigenvalue weighted by molar-refractivity contribution is 5.95. The number of piperazine rings is 2. The van der Waals surface area contributed by atoms with Crippen molar-refractivity contribution in [3.8, 4) is 63.9 Å². The Balaban J connectivity index is 0.000000135. The van der Waals surface area contributed by atoms with E-state index >= 15 is 0 Å². The number of rotatable bonds is 20. The number of morpholine rings is 1. The van der Waals surface area contributed by atoms with E-state index in [1.165, 1.54) is 11.4 Å². The number of hydrogen-bond acceptors (Lipinski definition) is 26. The minimum atomic E-state index is -0.0753. The number of benzene rings is 5. The summed E-state index contributed by atoms with van der Waals surface area (Å²) in [4.78, 5) is 69.7. The van der Waals surface area contributed by atoms with Crippen molar-refractivity contribution in [2.75, 3.05) is 174 Å². The molecule has 0 radical (unpaired) electrons. The van der Waals surface area contributed by atoms with Gasteiger partial charge in [-0.05, 0) is 146 Å². The molecule has 1 saturated carbocycles. The molecule has 0 unspecified atom stereocenters. The molecule has 5 N–H and O–H groups in total. The summed E-state index contributed by atoms with van der Waals surface area (Å²) in [7, 11) is 1.63. The maximum absolute atomic E-state index is 12.1. The van der Waals surface area contributed by atoms with Crippen molar-refractivity contribution in [3.05, 3.63) is 175 Å². The van der Waals surface area contributed by atoms with Crippen molar-refractivity contribution in [1.29, 1.82) is 15.8 Å². The summed E-state index contributed by atoms with van der Waals surface area (Å²) in [5.74, 6) is 5.69. The molecule has 17 rings (SSSR count). The second-order valence-electron chi connectivity index (χ2n) is 28.8. The smallest absolute Gasteiger partial charge is 0.317 e. The van der Waals surface area contributed by atoms with Gasteiger partial charge >= 0.3 is 6.03 Å². The predicted molar refractivity (Wildman–Crippen MR) is 429 cm³/mol. The molecule has 8 fully saturated rings. The van der Waals surface area contributed by atoms with E-state index < -0.39 is 0 Å². The van der Waals surface area contributed by atoms with Crippen LogP contribution in [0.15, 0.2) is 158 Å². The number of piperidine rings is 1. The van der Waals surface area contributed by atoms with Gasteiger partial charge in [-0.2, -0.15) is 15.8 Å². The van der Waals surface area contributed by atoms with Crippen molar-refractivity contribution in [1.82, 2.24) is 54.9 Å². The molecular formula is C84H91N21O8. The molecule has 11 heterocycles. The van der Waals surface area contributed by atoms with Crippen LogP contribution in [-0.2, 0) is 23.7 Å². The molecule has 113 heavy (non-hydrogen) atoms. The fraction of sp³-hybridized carbons (Fsp3) is 0.381. The average molecular weight is 1520 g/mol. The highest BCUT2D eigenvalue weighted by Gasteiger charge is 2.33. The second-order valence-corrected chi connectivity index (χ2v) is 28.8. The van der Waals surface area contributed by atoms with Crippen LogP contribution in [0.1, 0.15) is 55.2 Å². The summed E-state index contributed by atoms with van der Waals surface area (Å²) in [5, 5.41) is 44.6. The van der Waals surface area contributed by atoms with Crippen molar-refractivity contribution in [2.24, 2.45) is 5.92 Å².